The van der Waals surface area contributed by atoms with E-state index in [0.717, 1.165) is 0 Å². The molecule has 0 bridgehead atoms. The summed E-state index contributed by atoms with van der Waals surface area (Å²) < 4.78 is 26.2. The predicted octanol–water partition coefficient (Wildman–Crippen LogP) is -1.27. The molecule has 0 aromatic carbocycles. The Morgan fingerprint density at radius 3 is 2.75 bits per heavy atom. The molecule has 1 atom stereocenters. The fourth-order valence-corrected chi connectivity index (χ4v) is 2.44. The highest BCUT2D eigenvalue weighted by Gasteiger charge is 2.28. The van der Waals surface area contributed by atoms with Gasteiger partial charge in [-0.05, 0) is 12.5 Å². The van der Waals surface area contributed by atoms with Crippen LogP contribution in [0.2, 0.25) is 0 Å². The van der Waals surface area contributed by atoms with Crippen LogP contribution < -0.4 is 10.5 Å². The minimum atomic E-state index is -3.16. The zero-order chi connectivity index (χ0) is 9.19. The molecule has 0 aromatic rings. The average molecular weight is 193 g/mol. The number of hydrogen-bond donors (Lipinski definition) is 2. The van der Waals surface area contributed by atoms with E-state index in [4.69, 9.17) is 5.73 Å². The third-order valence-corrected chi connectivity index (χ3v) is 3.48. The van der Waals surface area contributed by atoms with Crippen LogP contribution in [0.25, 0.3) is 0 Å². The maximum absolute atomic E-state index is 11.2. The van der Waals surface area contributed by atoms with Gasteiger partial charge in [-0.3, -0.25) is 0 Å². The van der Waals surface area contributed by atoms with Gasteiger partial charge in [-0.15, -0.1) is 0 Å². The molecule has 1 saturated heterocycles. The molecule has 3 N–H and O–H groups in total. The summed E-state index contributed by atoms with van der Waals surface area (Å²) in [5.41, 5.74) is 5.40. The lowest BCUT2D eigenvalue weighted by Gasteiger charge is -2.16. The predicted molar refractivity (Wildman–Crippen MR) is 46.7 cm³/mol. The average Bonchev–Trinajstić information content (AvgIpc) is 2.31. The van der Waals surface area contributed by atoms with E-state index in [-0.39, 0.29) is 5.92 Å². The molecule has 6 heteroatoms. The molecule has 0 aliphatic carbocycles. The first-order chi connectivity index (χ1) is 5.56. The van der Waals surface area contributed by atoms with E-state index in [1.807, 2.05) is 6.92 Å². The summed E-state index contributed by atoms with van der Waals surface area (Å²) in [6.07, 6.45) is 0. The Bertz CT molecular complexity index is 239. The van der Waals surface area contributed by atoms with Crippen molar-refractivity contribution >= 4 is 10.2 Å². The van der Waals surface area contributed by atoms with E-state index in [2.05, 4.69) is 4.72 Å². The van der Waals surface area contributed by atoms with Crippen LogP contribution in [-0.2, 0) is 10.2 Å². The van der Waals surface area contributed by atoms with Gasteiger partial charge >= 0.3 is 0 Å². The maximum atomic E-state index is 11.2. The van der Waals surface area contributed by atoms with Gasteiger partial charge in [-0.2, -0.15) is 12.7 Å². The van der Waals surface area contributed by atoms with Crippen molar-refractivity contribution in [2.24, 2.45) is 11.7 Å². The van der Waals surface area contributed by atoms with E-state index < -0.39 is 10.2 Å². The first-order valence-electron chi connectivity index (χ1n) is 4.01. The molecule has 0 spiro atoms. The van der Waals surface area contributed by atoms with Crippen molar-refractivity contribution in [3.8, 4) is 0 Å². The van der Waals surface area contributed by atoms with Gasteiger partial charge in [0.2, 0.25) is 0 Å². The molecule has 0 radical (unpaired) electrons. The molecular formula is C6H15N3O2S. The van der Waals surface area contributed by atoms with Crippen molar-refractivity contribution in [1.82, 2.24) is 9.03 Å². The molecular weight excluding hydrogens is 178 g/mol. The molecule has 72 valence electrons. The highest BCUT2D eigenvalue weighted by atomic mass is 32.2. The van der Waals surface area contributed by atoms with Gasteiger partial charge in [0, 0.05) is 19.6 Å². The van der Waals surface area contributed by atoms with Gasteiger partial charge in [0.25, 0.3) is 10.2 Å². The summed E-state index contributed by atoms with van der Waals surface area (Å²) in [5.74, 6) is 0.222. The minimum absolute atomic E-state index is 0.222. The molecule has 0 aromatic heterocycles. The summed E-state index contributed by atoms with van der Waals surface area (Å²) in [7, 11) is -3.16. The summed E-state index contributed by atoms with van der Waals surface area (Å²) in [6.45, 7) is 4.05. The summed E-state index contributed by atoms with van der Waals surface area (Å²) in [6, 6.07) is 0. The molecule has 1 unspecified atom stereocenters. The van der Waals surface area contributed by atoms with Crippen LogP contribution in [-0.4, -0.2) is 38.9 Å². The summed E-state index contributed by atoms with van der Waals surface area (Å²) in [4.78, 5) is 0. The van der Waals surface area contributed by atoms with E-state index in [0.29, 0.717) is 26.2 Å². The van der Waals surface area contributed by atoms with E-state index in [1.54, 1.807) is 0 Å². The highest BCUT2D eigenvalue weighted by Crippen LogP contribution is 2.07. The molecule has 1 heterocycles. The van der Waals surface area contributed by atoms with Gasteiger partial charge < -0.3 is 5.73 Å². The van der Waals surface area contributed by atoms with Crippen molar-refractivity contribution in [3.05, 3.63) is 0 Å². The summed E-state index contributed by atoms with van der Waals surface area (Å²) in [5, 5.41) is 0. The molecule has 1 aliphatic rings. The third kappa shape index (κ3) is 2.16. The fraction of sp³-hybridized carbons (Fsp3) is 1.00. The maximum Gasteiger partial charge on any atom is 0.279 e. The zero-order valence-corrected chi connectivity index (χ0v) is 7.97. The van der Waals surface area contributed by atoms with Crippen LogP contribution in [0.15, 0.2) is 0 Å². The standard InChI is InChI=1S/C6H15N3O2S/c1-6(4-7)5-9-3-2-8-12(9,10)11/h6,8H,2-5,7H2,1H3. The smallest absolute Gasteiger partial charge is 0.279 e. The van der Waals surface area contributed by atoms with Crippen LogP contribution in [0, 0.1) is 5.92 Å². The van der Waals surface area contributed by atoms with E-state index in [9.17, 15) is 8.42 Å². The lowest BCUT2D eigenvalue weighted by atomic mass is 10.2. The Balaban J connectivity index is 2.53. The Hall–Kier alpha value is -0.170. The number of nitrogens with zero attached hydrogens (tertiary/aromatic N) is 1. The number of nitrogens with one attached hydrogen (secondary N) is 1. The first-order valence-corrected chi connectivity index (χ1v) is 5.45. The van der Waals surface area contributed by atoms with Gasteiger partial charge in [-0.25, -0.2) is 4.72 Å². The largest absolute Gasteiger partial charge is 0.330 e. The van der Waals surface area contributed by atoms with E-state index in [1.165, 1.54) is 4.31 Å². The Kier molecular flexibility index (Phi) is 3.05. The van der Waals surface area contributed by atoms with Crippen molar-refractivity contribution in [3.63, 3.8) is 0 Å². The van der Waals surface area contributed by atoms with Gasteiger partial charge in [0.05, 0.1) is 0 Å². The molecule has 0 saturated carbocycles. The van der Waals surface area contributed by atoms with Crippen LogP contribution in [0.4, 0.5) is 0 Å². The van der Waals surface area contributed by atoms with Gasteiger partial charge in [-0.1, -0.05) is 6.92 Å². The summed E-state index contributed by atoms with van der Waals surface area (Å²) >= 11 is 0. The second kappa shape index (κ2) is 3.69. The lowest BCUT2D eigenvalue weighted by Crippen LogP contribution is -2.35. The molecule has 1 rings (SSSR count). The Morgan fingerprint density at radius 2 is 2.33 bits per heavy atom. The first kappa shape index (κ1) is 9.91. The number of hydrogen-bond acceptors (Lipinski definition) is 3. The molecule has 0 amide bonds. The van der Waals surface area contributed by atoms with Crippen LogP contribution >= 0.6 is 0 Å². The van der Waals surface area contributed by atoms with Crippen molar-refractivity contribution in [1.29, 1.82) is 0 Å². The minimum Gasteiger partial charge on any atom is -0.330 e. The van der Waals surface area contributed by atoms with Gasteiger partial charge in [0.1, 0.15) is 0 Å². The SMILES string of the molecule is CC(CN)CN1CCNS1(=O)=O. The topological polar surface area (TPSA) is 75.4 Å². The Morgan fingerprint density at radius 1 is 1.67 bits per heavy atom. The third-order valence-electron chi connectivity index (χ3n) is 1.90. The number of rotatable bonds is 3. The lowest BCUT2D eigenvalue weighted by molar-refractivity contribution is 0.386. The van der Waals surface area contributed by atoms with Crippen molar-refractivity contribution < 1.29 is 8.42 Å². The molecule has 1 fully saturated rings. The molecule has 1 aliphatic heterocycles. The molecule has 12 heavy (non-hydrogen) atoms. The highest BCUT2D eigenvalue weighted by molar-refractivity contribution is 7.87. The van der Waals surface area contributed by atoms with Crippen molar-refractivity contribution in [2.75, 3.05) is 26.2 Å². The van der Waals surface area contributed by atoms with Crippen LogP contribution in [0.5, 0.6) is 0 Å². The second-order valence-corrected chi connectivity index (χ2v) is 4.85. The quantitative estimate of drug-likeness (QED) is 0.587. The Labute approximate surface area is 73.1 Å². The van der Waals surface area contributed by atoms with Gasteiger partial charge in [0.15, 0.2) is 0 Å². The van der Waals surface area contributed by atoms with Crippen molar-refractivity contribution in [2.45, 2.75) is 6.92 Å². The van der Waals surface area contributed by atoms with Crippen LogP contribution in [0.1, 0.15) is 6.92 Å². The fourth-order valence-electron chi connectivity index (χ4n) is 1.12. The molecule has 5 nitrogen and oxygen atoms in total. The monoisotopic (exact) mass is 193 g/mol. The normalized spacial score (nSPS) is 25.8. The zero-order valence-electron chi connectivity index (χ0n) is 7.16. The number of nitrogens with two attached hydrogens (primary N) is 1. The van der Waals surface area contributed by atoms with E-state index >= 15 is 0 Å². The second-order valence-electron chi connectivity index (χ2n) is 3.10. The van der Waals surface area contributed by atoms with Crippen LogP contribution in [0.3, 0.4) is 0 Å².